The van der Waals surface area contributed by atoms with Gasteiger partial charge in [0, 0.05) is 28.8 Å². The maximum atomic E-state index is 5.41. The number of alkyl halides is 1. The zero-order valence-corrected chi connectivity index (χ0v) is 12.9. The van der Waals surface area contributed by atoms with Crippen LogP contribution in [0.1, 0.15) is 12.0 Å². The molecule has 2 heterocycles. The molecule has 1 saturated heterocycles. The Morgan fingerprint density at radius 2 is 1.94 bits per heavy atom. The van der Waals surface area contributed by atoms with Gasteiger partial charge in [0.25, 0.3) is 0 Å². The molecule has 0 radical (unpaired) electrons. The molecular formula is C14H18INO2. The molecule has 98 valence electrons. The average Bonchev–Trinajstić information content (AvgIpc) is 2.41. The molecule has 0 amide bonds. The van der Waals surface area contributed by atoms with E-state index in [1.807, 2.05) is 0 Å². The number of hydrogen-bond acceptors (Lipinski definition) is 3. The van der Waals surface area contributed by atoms with E-state index in [1.165, 1.54) is 30.6 Å². The standard InChI is InChI=1S/C14H18INO2/c1-17-13-6-9-5-10-8-16(4-3-11(10)15)12(9)7-14(13)18-2/h6-7,10-11H,3-5,8H2,1-2H3/t10-,11-/m1/s1. The van der Waals surface area contributed by atoms with Gasteiger partial charge < -0.3 is 14.4 Å². The monoisotopic (exact) mass is 359 g/mol. The minimum absolute atomic E-state index is 0.782. The zero-order chi connectivity index (χ0) is 12.7. The van der Waals surface area contributed by atoms with Crippen LogP contribution in [0.2, 0.25) is 0 Å². The van der Waals surface area contributed by atoms with Crippen LogP contribution in [-0.2, 0) is 6.42 Å². The van der Waals surface area contributed by atoms with E-state index >= 15 is 0 Å². The van der Waals surface area contributed by atoms with Crippen LogP contribution in [0, 0.1) is 5.92 Å². The van der Waals surface area contributed by atoms with Crippen LogP contribution in [0.3, 0.4) is 0 Å². The number of benzene rings is 1. The van der Waals surface area contributed by atoms with E-state index in [0.29, 0.717) is 0 Å². The fraction of sp³-hybridized carbons (Fsp3) is 0.571. The van der Waals surface area contributed by atoms with Gasteiger partial charge in [-0.3, -0.25) is 0 Å². The smallest absolute Gasteiger partial charge is 0.162 e. The number of rotatable bonds is 2. The molecule has 2 aliphatic heterocycles. The second-order valence-corrected chi connectivity index (χ2v) is 6.65. The van der Waals surface area contributed by atoms with E-state index in [-0.39, 0.29) is 0 Å². The molecule has 2 aliphatic rings. The van der Waals surface area contributed by atoms with Gasteiger partial charge in [0.05, 0.1) is 14.2 Å². The maximum absolute atomic E-state index is 5.41. The number of hydrogen-bond donors (Lipinski definition) is 0. The van der Waals surface area contributed by atoms with Crippen molar-refractivity contribution < 1.29 is 9.47 Å². The van der Waals surface area contributed by atoms with Crippen LogP contribution in [0.5, 0.6) is 11.5 Å². The number of piperidine rings is 1. The second-order valence-electron chi connectivity index (χ2n) is 5.05. The highest BCUT2D eigenvalue weighted by Crippen LogP contribution is 2.42. The minimum atomic E-state index is 0.782. The largest absolute Gasteiger partial charge is 0.493 e. The molecule has 0 unspecified atom stereocenters. The SMILES string of the molecule is COc1cc2c(cc1OC)N1CC[C@@H](I)[C@H](C2)C1. The Morgan fingerprint density at radius 1 is 1.22 bits per heavy atom. The molecule has 2 atom stereocenters. The molecule has 0 N–H and O–H groups in total. The van der Waals surface area contributed by atoms with E-state index in [2.05, 4.69) is 39.6 Å². The number of halogens is 1. The van der Waals surface area contributed by atoms with Crippen molar-refractivity contribution in [2.24, 2.45) is 5.92 Å². The third-order valence-electron chi connectivity index (χ3n) is 4.05. The van der Waals surface area contributed by atoms with E-state index in [4.69, 9.17) is 9.47 Å². The van der Waals surface area contributed by atoms with Crippen molar-refractivity contribution in [1.82, 2.24) is 0 Å². The van der Waals surface area contributed by atoms with Crippen LogP contribution >= 0.6 is 22.6 Å². The van der Waals surface area contributed by atoms with E-state index in [0.717, 1.165) is 27.9 Å². The minimum Gasteiger partial charge on any atom is -0.493 e. The zero-order valence-electron chi connectivity index (χ0n) is 10.8. The van der Waals surface area contributed by atoms with Crippen LogP contribution < -0.4 is 14.4 Å². The highest BCUT2D eigenvalue weighted by Gasteiger charge is 2.34. The third kappa shape index (κ3) is 1.94. The van der Waals surface area contributed by atoms with Crippen molar-refractivity contribution in [3.05, 3.63) is 17.7 Å². The van der Waals surface area contributed by atoms with Crippen molar-refractivity contribution in [1.29, 1.82) is 0 Å². The van der Waals surface area contributed by atoms with Gasteiger partial charge in [0.2, 0.25) is 0 Å². The highest BCUT2D eigenvalue weighted by molar-refractivity contribution is 14.1. The first-order valence-electron chi connectivity index (χ1n) is 6.37. The van der Waals surface area contributed by atoms with Crippen molar-refractivity contribution >= 4 is 28.3 Å². The molecule has 1 aromatic rings. The molecule has 0 spiro atoms. The van der Waals surface area contributed by atoms with Gasteiger partial charge in [-0.15, -0.1) is 0 Å². The summed E-state index contributed by atoms with van der Waals surface area (Å²) in [6.07, 6.45) is 2.46. The quantitative estimate of drug-likeness (QED) is 0.599. The van der Waals surface area contributed by atoms with Gasteiger partial charge in [-0.05, 0) is 30.4 Å². The van der Waals surface area contributed by atoms with Gasteiger partial charge >= 0.3 is 0 Å². The lowest BCUT2D eigenvalue weighted by atomic mass is 9.85. The van der Waals surface area contributed by atoms with Crippen molar-refractivity contribution in [2.45, 2.75) is 16.8 Å². The Kier molecular flexibility index (Phi) is 3.30. The first kappa shape index (κ1) is 12.4. The Balaban J connectivity index is 2.04. The molecule has 18 heavy (non-hydrogen) atoms. The van der Waals surface area contributed by atoms with E-state index < -0.39 is 0 Å². The first-order valence-corrected chi connectivity index (χ1v) is 7.61. The summed E-state index contributed by atoms with van der Waals surface area (Å²) in [5.74, 6) is 2.47. The molecule has 3 rings (SSSR count). The predicted molar refractivity (Wildman–Crippen MR) is 81.4 cm³/mol. The van der Waals surface area contributed by atoms with Crippen molar-refractivity contribution in [2.75, 3.05) is 32.2 Å². The van der Waals surface area contributed by atoms with Gasteiger partial charge in [-0.1, -0.05) is 22.6 Å². The van der Waals surface area contributed by atoms with E-state index in [9.17, 15) is 0 Å². The van der Waals surface area contributed by atoms with Gasteiger partial charge in [0.15, 0.2) is 11.5 Å². The average molecular weight is 359 g/mol. The fourth-order valence-corrected chi connectivity index (χ4v) is 3.83. The molecule has 0 saturated carbocycles. The number of nitrogens with zero attached hydrogens (tertiary/aromatic N) is 1. The Hall–Kier alpha value is -0.650. The Bertz CT molecular complexity index is 463. The number of methoxy groups -OCH3 is 2. The van der Waals surface area contributed by atoms with Crippen LogP contribution in [0.15, 0.2) is 12.1 Å². The van der Waals surface area contributed by atoms with Crippen LogP contribution in [-0.4, -0.2) is 31.2 Å². The number of anilines is 1. The third-order valence-corrected chi connectivity index (χ3v) is 5.69. The van der Waals surface area contributed by atoms with Crippen molar-refractivity contribution in [3.8, 4) is 11.5 Å². The Labute approximate surface area is 122 Å². The fourth-order valence-electron chi connectivity index (χ4n) is 3.07. The van der Waals surface area contributed by atoms with Crippen LogP contribution in [0.25, 0.3) is 0 Å². The lowest BCUT2D eigenvalue weighted by molar-refractivity contribution is 0.352. The maximum Gasteiger partial charge on any atom is 0.162 e. The second kappa shape index (κ2) is 4.79. The summed E-state index contributed by atoms with van der Waals surface area (Å²) in [7, 11) is 3.41. The summed E-state index contributed by atoms with van der Waals surface area (Å²) in [5.41, 5.74) is 2.75. The molecular weight excluding hydrogens is 341 g/mol. The molecule has 0 aliphatic carbocycles. The molecule has 1 aromatic carbocycles. The topological polar surface area (TPSA) is 21.7 Å². The summed E-state index contributed by atoms with van der Waals surface area (Å²) in [6.45, 7) is 2.35. The first-order chi connectivity index (χ1) is 8.72. The summed E-state index contributed by atoms with van der Waals surface area (Å²) in [4.78, 5) is 2.50. The van der Waals surface area contributed by atoms with Crippen molar-refractivity contribution in [3.63, 3.8) is 0 Å². The molecule has 4 heteroatoms. The van der Waals surface area contributed by atoms with Gasteiger partial charge in [-0.2, -0.15) is 0 Å². The predicted octanol–water partition coefficient (Wildman–Crippen LogP) is 2.89. The lowest BCUT2D eigenvalue weighted by Gasteiger charge is -2.43. The molecule has 1 fully saturated rings. The summed E-state index contributed by atoms with van der Waals surface area (Å²) >= 11 is 2.61. The highest BCUT2D eigenvalue weighted by atomic mass is 127. The summed E-state index contributed by atoms with van der Waals surface area (Å²) < 4.78 is 11.6. The molecule has 3 nitrogen and oxygen atoms in total. The number of ether oxygens (including phenoxy) is 2. The van der Waals surface area contributed by atoms with Crippen LogP contribution in [0.4, 0.5) is 5.69 Å². The summed E-state index contributed by atoms with van der Waals surface area (Å²) in [5, 5.41) is 0. The van der Waals surface area contributed by atoms with E-state index in [1.54, 1.807) is 14.2 Å². The van der Waals surface area contributed by atoms with Gasteiger partial charge in [-0.25, -0.2) is 0 Å². The van der Waals surface area contributed by atoms with Gasteiger partial charge in [0.1, 0.15) is 0 Å². The Morgan fingerprint density at radius 3 is 2.67 bits per heavy atom. The number of fused-ring (bicyclic) bond motifs is 4. The molecule has 2 bridgehead atoms. The normalized spacial score (nSPS) is 25.6. The summed E-state index contributed by atoms with van der Waals surface area (Å²) in [6, 6.07) is 4.29. The molecule has 0 aromatic heterocycles. The lowest BCUT2D eigenvalue weighted by Crippen LogP contribution is -2.45.